The Labute approximate surface area is 169 Å². The number of allylic oxidation sites excluding steroid dienone is 2. The summed E-state index contributed by atoms with van der Waals surface area (Å²) in [5, 5.41) is 11.4. The zero-order valence-corrected chi connectivity index (χ0v) is 17.9. The zero-order chi connectivity index (χ0) is 20.3. The zero-order valence-electron chi connectivity index (χ0n) is 17.9. The summed E-state index contributed by atoms with van der Waals surface area (Å²) in [4.78, 5) is 12.0. The van der Waals surface area contributed by atoms with Crippen LogP contribution >= 0.6 is 0 Å². The van der Waals surface area contributed by atoms with Gasteiger partial charge in [-0.05, 0) is 53.6 Å². The highest BCUT2D eigenvalue weighted by molar-refractivity contribution is 5.67. The van der Waals surface area contributed by atoms with Crippen molar-refractivity contribution in [2.24, 2.45) is 28.1 Å². The van der Waals surface area contributed by atoms with Crippen molar-refractivity contribution in [1.29, 1.82) is 0 Å². The molecule has 3 aliphatic carbocycles. The van der Waals surface area contributed by atoms with E-state index in [1.165, 1.54) is 25.3 Å². The van der Waals surface area contributed by atoms with Gasteiger partial charge in [-0.2, -0.15) is 0 Å². The van der Waals surface area contributed by atoms with E-state index in [1.54, 1.807) is 0 Å². The molecule has 4 rings (SSSR count). The highest BCUT2D eigenvalue weighted by atomic mass is 16.5. The van der Waals surface area contributed by atoms with Gasteiger partial charge < -0.3 is 9.84 Å². The summed E-state index contributed by atoms with van der Waals surface area (Å²) in [7, 11) is 0. The van der Waals surface area contributed by atoms with Crippen molar-refractivity contribution in [2.75, 3.05) is 0 Å². The lowest BCUT2D eigenvalue weighted by molar-refractivity contribution is -0.146. The number of aliphatic hydroxyl groups is 1. The molecule has 3 aliphatic rings. The van der Waals surface area contributed by atoms with Crippen LogP contribution in [0.2, 0.25) is 0 Å². The van der Waals surface area contributed by atoms with Crippen molar-refractivity contribution >= 4 is 5.97 Å². The van der Waals surface area contributed by atoms with E-state index in [0.29, 0.717) is 12.3 Å². The van der Waals surface area contributed by atoms with Crippen LogP contribution in [0.25, 0.3) is 0 Å². The molecule has 0 aromatic heterocycles. The average Bonchev–Trinajstić information content (AvgIpc) is 2.90. The largest absolute Gasteiger partial charge is 0.431 e. The number of aliphatic hydroxyl groups excluding tert-OH is 1. The second-order valence-electron chi connectivity index (χ2n) is 10.5. The van der Waals surface area contributed by atoms with Crippen molar-refractivity contribution in [1.82, 2.24) is 0 Å². The Morgan fingerprint density at radius 3 is 2.43 bits per heavy atom. The molecule has 1 aromatic carbocycles. The van der Waals surface area contributed by atoms with Crippen LogP contribution in [0.4, 0.5) is 0 Å². The number of ether oxygens (including phenoxy) is 1. The van der Waals surface area contributed by atoms with E-state index in [9.17, 15) is 9.90 Å². The van der Waals surface area contributed by atoms with Crippen molar-refractivity contribution in [3.8, 4) is 0 Å². The van der Waals surface area contributed by atoms with E-state index in [1.807, 2.05) is 6.07 Å². The van der Waals surface area contributed by atoms with Crippen molar-refractivity contribution in [3.63, 3.8) is 0 Å². The lowest BCUT2D eigenvalue weighted by Gasteiger charge is -2.60. The SMILES string of the molecule is CC(=O)OC1=C[C@@H]2C(C)(C)CCC[C@@]2(C)[C@H]2[C@@H](O)C[C@@H](c3ccccc3)[C@@]12C. The molecule has 0 radical (unpaired) electrons. The number of rotatable bonds is 2. The Morgan fingerprint density at radius 1 is 1.11 bits per heavy atom. The Balaban J connectivity index is 1.92. The van der Waals surface area contributed by atoms with Gasteiger partial charge in [0.2, 0.25) is 0 Å². The third kappa shape index (κ3) is 2.69. The molecule has 0 spiro atoms. The van der Waals surface area contributed by atoms with Gasteiger partial charge in [-0.3, -0.25) is 4.79 Å². The van der Waals surface area contributed by atoms with Crippen LogP contribution in [0.15, 0.2) is 42.2 Å². The molecule has 3 nitrogen and oxygen atoms in total. The standard InChI is InChI=1S/C25H34O3/c1-16(26)28-21-15-20-23(2,3)12-9-13-24(20,4)22-19(27)14-18(25(21,22)5)17-10-7-6-8-11-17/h6-8,10-11,15,18-20,22,27H,9,12-14H2,1-5H3/t18-,19-,20+,22+,24+,25-/m0/s1. The summed E-state index contributed by atoms with van der Waals surface area (Å²) in [5.41, 5.74) is 0.972. The summed E-state index contributed by atoms with van der Waals surface area (Å²) < 4.78 is 5.91. The molecule has 1 N–H and O–H groups in total. The molecule has 152 valence electrons. The van der Waals surface area contributed by atoms with E-state index >= 15 is 0 Å². The van der Waals surface area contributed by atoms with Crippen molar-refractivity contribution < 1.29 is 14.6 Å². The molecule has 28 heavy (non-hydrogen) atoms. The number of hydrogen-bond donors (Lipinski definition) is 1. The van der Waals surface area contributed by atoms with Crippen LogP contribution in [0, 0.1) is 28.1 Å². The highest BCUT2D eigenvalue weighted by Gasteiger charge is 2.67. The molecule has 6 atom stereocenters. The van der Waals surface area contributed by atoms with Gasteiger partial charge in [-0.25, -0.2) is 0 Å². The van der Waals surface area contributed by atoms with Crippen LogP contribution in [0.5, 0.6) is 0 Å². The van der Waals surface area contributed by atoms with Gasteiger partial charge in [-0.15, -0.1) is 0 Å². The number of esters is 1. The molecular formula is C25H34O3. The van der Waals surface area contributed by atoms with Gasteiger partial charge in [0, 0.05) is 18.3 Å². The monoisotopic (exact) mass is 382 g/mol. The molecule has 0 amide bonds. The second kappa shape index (κ2) is 6.45. The van der Waals surface area contributed by atoms with Crippen LogP contribution in [0.1, 0.15) is 71.8 Å². The fourth-order valence-corrected chi connectivity index (χ4v) is 7.38. The Hall–Kier alpha value is -1.61. The minimum Gasteiger partial charge on any atom is -0.431 e. The molecule has 0 heterocycles. The molecule has 0 unspecified atom stereocenters. The Kier molecular flexibility index (Phi) is 4.54. The summed E-state index contributed by atoms with van der Waals surface area (Å²) in [6.45, 7) is 10.7. The fourth-order valence-electron chi connectivity index (χ4n) is 7.38. The lowest BCUT2D eigenvalue weighted by atomic mass is 9.45. The molecule has 1 aromatic rings. The first-order valence-corrected chi connectivity index (χ1v) is 10.7. The van der Waals surface area contributed by atoms with Crippen LogP contribution in [-0.4, -0.2) is 17.2 Å². The minimum absolute atomic E-state index is 0.00307. The van der Waals surface area contributed by atoms with E-state index in [-0.39, 0.29) is 34.1 Å². The predicted octanol–water partition coefficient (Wildman–Crippen LogP) is 5.45. The minimum atomic E-state index is -0.393. The van der Waals surface area contributed by atoms with Crippen LogP contribution in [-0.2, 0) is 9.53 Å². The molecule has 0 saturated heterocycles. The number of carbonyl (C=O) groups is 1. The van der Waals surface area contributed by atoms with Crippen molar-refractivity contribution in [3.05, 3.63) is 47.7 Å². The normalized spacial score (nSPS) is 41.6. The van der Waals surface area contributed by atoms with E-state index in [2.05, 4.69) is 58.0 Å². The van der Waals surface area contributed by atoms with E-state index in [4.69, 9.17) is 4.74 Å². The smallest absolute Gasteiger partial charge is 0.307 e. The van der Waals surface area contributed by atoms with Gasteiger partial charge in [0.1, 0.15) is 5.76 Å². The maximum atomic E-state index is 12.0. The number of carbonyl (C=O) groups excluding carboxylic acids is 1. The fraction of sp³-hybridized carbons (Fsp3) is 0.640. The topological polar surface area (TPSA) is 46.5 Å². The predicted molar refractivity (Wildman–Crippen MR) is 110 cm³/mol. The van der Waals surface area contributed by atoms with Crippen molar-refractivity contribution in [2.45, 2.75) is 72.3 Å². The molecule has 0 aliphatic heterocycles. The first-order valence-electron chi connectivity index (χ1n) is 10.7. The Bertz CT molecular complexity index is 795. The van der Waals surface area contributed by atoms with Gasteiger partial charge in [0.05, 0.1) is 6.10 Å². The summed E-state index contributed by atoms with van der Waals surface area (Å²) in [5.74, 6) is 1.03. The third-order valence-corrected chi connectivity index (χ3v) is 8.34. The first kappa shape index (κ1) is 19.7. The molecule has 0 bridgehead atoms. The van der Waals surface area contributed by atoms with E-state index in [0.717, 1.165) is 12.2 Å². The second-order valence-corrected chi connectivity index (χ2v) is 10.5. The van der Waals surface area contributed by atoms with Gasteiger partial charge in [0.15, 0.2) is 0 Å². The number of benzene rings is 1. The summed E-state index contributed by atoms with van der Waals surface area (Å²) in [6, 6.07) is 10.4. The Morgan fingerprint density at radius 2 is 1.79 bits per heavy atom. The molecule has 2 fully saturated rings. The number of hydrogen-bond acceptors (Lipinski definition) is 3. The highest BCUT2D eigenvalue weighted by Crippen LogP contribution is 2.71. The number of fused-ring (bicyclic) bond motifs is 3. The van der Waals surface area contributed by atoms with Crippen LogP contribution in [0.3, 0.4) is 0 Å². The molecule has 2 saturated carbocycles. The average molecular weight is 383 g/mol. The maximum absolute atomic E-state index is 12.0. The summed E-state index contributed by atoms with van der Waals surface area (Å²) >= 11 is 0. The molecular weight excluding hydrogens is 348 g/mol. The lowest BCUT2D eigenvalue weighted by Crippen LogP contribution is -2.56. The van der Waals surface area contributed by atoms with E-state index < -0.39 is 6.10 Å². The van der Waals surface area contributed by atoms with Gasteiger partial charge in [0.25, 0.3) is 0 Å². The summed E-state index contributed by atoms with van der Waals surface area (Å²) in [6.07, 6.45) is 6.06. The first-order chi connectivity index (χ1) is 13.1. The van der Waals surface area contributed by atoms with Gasteiger partial charge in [-0.1, -0.05) is 64.4 Å². The van der Waals surface area contributed by atoms with Crippen LogP contribution < -0.4 is 0 Å². The third-order valence-electron chi connectivity index (χ3n) is 8.34. The van der Waals surface area contributed by atoms with Gasteiger partial charge >= 0.3 is 5.97 Å². The quantitative estimate of drug-likeness (QED) is 0.692. The molecule has 3 heteroatoms. The maximum Gasteiger partial charge on any atom is 0.307 e.